The van der Waals surface area contributed by atoms with Gasteiger partial charge in [-0.25, -0.2) is 9.59 Å². The van der Waals surface area contributed by atoms with Crippen LogP contribution in [0.25, 0.3) is 0 Å². The van der Waals surface area contributed by atoms with Crippen LogP contribution in [-0.2, 0) is 33.3 Å². The molecule has 4 N–H and O–H groups in total. The Morgan fingerprint density at radius 1 is 0.881 bits per heavy atom. The van der Waals surface area contributed by atoms with Gasteiger partial charge in [0.15, 0.2) is 11.7 Å². The van der Waals surface area contributed by atoms with Gasteiger partial charge < -0.3 is 39.6 Å². The van der Waals surface area contributed by atoms with E-state index in [2.05, 4.69) is 5.32 Å². The summed E-state index contributed by atoms with van der Waals surface area (Å²) in [7, 11) is 0. The molecule has 13 nitrogen and oxygen atoms in total. The van der Waals surface area contributed by atoms with Crippen molar-refractivity contribution in [2.45, 2.75) is 102 Å². The van der Waals surface area contributed by atoms with E-state index in [0.29, 0.717) is 22.3 Å². The van der Waals surface area contributed by atoms with Crippen LogP contribution < -0.4 is 5.32 Å². The zero-order valence-electron chi connectivity index (χ0n) is 33.9. The second-order valence-electron chi connectivity index (χ2n) is 17.1. The maximum absolute atomic E-state index is 15.2. The second-order valence-corrected chi connectivity index (χ2v) is 17.1. The molecule has 3 fully saturated rings. The Labute approximate surface area is 342 Å². The Balaban J connectivity index is 1.34. The van der Waals surface area contributed by atoms with E-state index in [1.165, 1.54) is 19.1 Å². The van der Waals surface area contributed by atoms with E-state index in [0.717, 1.165) is 0 Å². The molecule has 2 unspecified atom stereocenters. The van der Waals surface area contributed by atoms with Gasteiger partial charge in [0.2, 0.25) is 0 Å². The van der Waals surface area contributed by atoms with Gasteiger partial charge in [0.1, 0.15) is 29.7 Å². The molecule has 1 aliphatic heterocycles. The normalized spacial score (nSPS) is 33.0. The molecule has 59 heavy (non-hydrogen) atoms. The molecule has 312 valence electrons. The van der Waals surface area contributed by atoms with Crippen LogP contribution in [0.2, 0.25) is 0 Å². The molecule has 13 heteroatoms. The largest absolute Gasteiger partial charge is 0.456 e. The minimum atomic E-state index is -2.19. The van der Waals surface area contributed by atoms with Crippen molar-refractivity contribution in [1.29, 1.82) is 0 Å². The first-order valence-corrected chi connectivity index (χ1v) is 19.9. The first kappa shape index (κ1) is 41.9. The number of fused-ring (bicyclic) bond motifs is 5. The highest BCUT2D eigenvalue weighted by Crippen LogP contribution is 2.65. The van der Waals surface area contributed by atoms with Crippen LogP contribution in [0, 0.1) is 22.7 Å². The van der Waals surface area contributed by atoms with Gasteiger partial charge in [-0.15, -0.1) is 0 Å². The van der Waals surface area contributed by atoms with Gasteiger partial charge in [0, 0.05) is 36.7 Å². The molecule has 3 aromatic rings. The van der Waals surface area contributed by atoms with Gasteiger partial charge in [-0.05, 0) is 54.8 Å². The Morgan fingerprint density at radius 2 is 1.46 bits per heavy atom. The number of ether oxygens (including phenoxy) is 4. The molecule has 2 saturated carbocycles. The monoisotopic (exact) mass is 809 g/mol. The number of nitrogens with one attached hydrogen (secondary N) is 1. The molecule has 1 heterocycles. The van der Waals surface area contributed by atoms with Gasteiger partial charge in [0.05, 0.1) is 35.6 Å². The standard InChI is InChI=1S/C46H51NO12/c1-25-31(57-42(54)36(50)35(28-16-10-7-11-17-28)47-40(52)29-18-12-8-13-19-29)23-46(55)39(58-41(53)30-20-14-9-15-21-30)37-44(6,38(51)26(2)34(25)43(46,4)5)32(49)22-33-45(37,24-56-33)59-27(3)48/h7-21,26,31-33,35-37,39,49-50,55H,22-24H2,1-6H3,(H,47,52)/t26-,31+,32+,33?,35+,36-,37?,39+,44-,45+,46-/m1/s1. The summed E-state index contributed by atoms with van der Waals surface area (Å²) in [6.45, 7) is 9.32. The Morgan fingerprint density at radius 3 is 2.02 bits per heavy atom. The highest BCUT2D eigenvalue weighted by molar-refractivity contribution is 5.95. The van der Waals surface area contributed by atoms with E-state index in [9.17, 15) is 34.5 Å². The second kappa shape index (κ2) is 15.4. The number of hydrogen-bond donors (Lipinski definition) is 4. The summed E-state index contributed by atoms with van der Waals surface area (Å²) in [5.41, 5.74) is -5.28. The van der Waals surface area contributed by atoms with Crippen molar-refractivity contribution in [1.82, 2.24) is 5.32 Å². The van der Waals surface area contributed by atoms with Crippen molar-refractivity contribution in [3.8, 4) is 0 Å². The highest BCUT2D eigenvalue weighted by atomic mass is 16.6. The zero-order valence-corrected chi connectivity index (χ0v) is 33.9. The van der Waals surface area contributed by atoms with Crippen LogP contribution in [0.1, 0.15) is 86.7 Å². The molecule has 7 rings (SSSR count). The van der Waals surface area contributed by atoms with Crippen molar-refractivity contribution in [3.05, 3.63) is 119 Å². The average Bonchev–Trinajstić information content (AvgIpc) is 3.21. The van der Waals surface area contributed by atoms with Gasteiger partial charge in [-0.1, -0.05) is 87.5 Å². The lowest BCUT2D eigenvalue weighted by atomic mass is 9.43. The van der Waals surface area contributed by atoms with E-state index in [1.54, 1.807) is 113 Å². The van der Waals surface area contributed by atoms with Gasteiger partial charge >= 0.3 is 17.9 Å². The van der Waals surface area contributed by atoms with Gasteiger partial charge in [-0.3, -0.25) is 14.4 Å². The minimum Gasteiger partial charge on any atom is -0.456 e. The molecule has 0 spiro atoms. The lowest BCUT2D eigenvalue weighted by Crippen LogP contribution is -2.81. The maximum Gasteiger partial charge on any atom is 0.338 e. The van der Waals surface area contributed by atoms with Crippen molar-refractivity contribution < 1.29 is 58.2 Å². The van der Waals surface area contributed by atoms with E-state index >= 15 is 4.79 Å². The van der Waals surface area contributed by atoms with E-state index in [4.69, 9.17) is 18.9 Å². The fourth-order valence-corrected chi connectivity index (χ4v) is 10.4. The van der Waals surface area contributed by atoms with Crippen molar-refractivity contribution in [3.63, 3.8) is 0 Å². The topological polar surface area (TPSA) is 195 Å². The molecule has 3 aromatic carbocycles. The fraction of sp³-hybridized carbons (Fsp3) is 0.457. The fourth-order valence-electron chi connectivity index (χ4n) is 10.4. The highest BCUT2D eigenvalue weighted by Gasteiger charge is 2.77. The maximum atomic E-state index is 15.2. The van der Waals surface area contributed by atoms with Crippen molar-refractivity contribution >= 4 is 29.6 Å². The number of esters is 3. The molecule has 11 atom stereocenters. The predicted octanol–water partition coefficient (Wildman–Crippen LogP) is 4.44. The smallest absolute Gasteiger partial charge is 0.338 e. The van der Waals surface area contributed by atoms with Crippen molar-refractivity contribution in [2.24, 2.45) is 22.7 Å². The summed E-state index contributed by atoms with van der Waals surface area (Å²) in [5.74, 6) is -6.06. The summed E-state index contributed by atoms with van der Waals surface area (Å²) < 4.78 is 24.5. The lowest BCUT2D eigenvalue weighted by molar-refractivity contribution is -0.345. The SMILES string of the molecule is CC(=O)O[C@@]12COC1C[C@H](O)[C@@]1(C)C(=O)[C@H](C)C3=C(C)[C@@H](OC(=O)[C@H](O)[C@@H](NC(=O)c4ccccc4)c4ccccc4)C[C@@](O)([C@@H](OC(=O)c4ccccc4)C21)C3(C)C. The number of hydrogen-bond acceptors (Lipinski definition) is 12. The van der Waals surface area contributed by atoms with E-state index < -0.39 is 106 Å². The Kier molecular flexibility index (Phi) is 11.0. The van der Waals surface area contributed by atoms with E-state index in [-0.39, 0.29) is 18.6 Å². The minimum absolute atomic E-state index is 0.0700. The molecule has 0 aromatic heterocycles. The van der Waals surface area contributed by atoms with Crippen LogP contribution in [0.15, 0.2) is 102 Å². The van der Waals surface area contributed by atoms with Crippen LogP contribution in [0.3, 0.4) is 0 Å². The van der Waals surface area contributed by atoms with Crippen LogP contribution in [-0.4, -0.2) is 93.2 Å². The summed E-state index contributed by atoms with van der Waals surface area (Å²) in [4.78, 5) is 69.9. The molecular weight excluding hydrogens is 759 g/mol. The van der Waals surface area contributed by atoms with Gasteiger partial charge in [0.25, 0.3) is 5.91 Å². The molecule has 1 saturated heterocycles. The number of rotatable bonds is 9. The molecule has 4 aliphatic rings. The van der Waals surface area contributed by atoms with Gasteiger partial charge in [-0.2, -0.15) is 0 Å². The quantitative estimate of drug-likeness (QED) is 0.135. The summed E-state index contributed by atoms with van der Waals surface area (Å²) in [5, 5.41) is 40.0. The van der Waals surface area contributed by atoms with Crippen LogP contribution >= 0.6 is 0 Å². The summed E-state index contributed by atoms with van der Waals surface area (Å²) >= 11 is 0. The van der Waals surface area contributed by atoms with Crippen LogP contribution in [0.4, 0.5) is 0 Å². The number of carbonyl (C=O) groups excluding carboxylic acids is 5. The zero-order chi connectivity index (χ0) is 42.7. The molecule has 0 radical (unpaired) electrons. The number of aliphatic hydroxyl groups is 3. The number of aliphatic hydroxyl groups excluding tert-OH is 2. The summed E-state index contributed by atoms with van der Waals surface area (Å²) in [6.07, 6.45) is -7.67. The lowest BCUT2D eigenvalue weighted by Gasteiger charge is -2.67. The first-order chi connectivity index (χ1) is 27.9. The third kappa shape index (κ3) is 6.77. The third-order valence-corrected chi connectivity index (χ3v) is 13.5. The Hall–Kier alpha value is -5.21. The molecule has 1 amide bonds. The average molecular weight is 810 g/mol. The number of carbonyl (C=O) groups is 5. The Bertz CT molecular complexity index is 2160. The molecular formula is C46H51NO12. The number of amides is 1. The number of benzene rings is 3. The molecule has 2 bridgehead atoms. The number of ketones is 1. The number of Topliss-reactive ketones (excluding diaryl/α,β-unsaturated/α-hetero) is 1. The van der Waals surface area contributed by atoms with E-state index in [1.807, 2.05) is 0 Å². The summed E-state index contributed by atoms with van der Waals surface area (Å²) in [6, 6.07) is 23.5. The third-order valence-electron chi connectivity index (χ3n) is 13.5. The molecule has 3 aliphatic carbocycles. The van der Waals surface area contributed by atoms with Crippen LogP contribution in [0.5, 0.6) is 0 Å². The first-order valence-electron chi connectivity index (χ1n) is 19.9. The van der Waals surface area contributed by atoms with Crippen molar-refractivity contribution in [2.75, 3.05) is 6.61 Å². The predicted molar refractivity (Wildman–Crippen MR) is 211 cm³/mol.